The summed E-state index contributed by atoms with van der Waals surface area (Å²) in [6, 6.07) is 10.9. The van der Waals surface area contributed by atoms with E-state index in [4.69, 9.17) is 5.11 Å². The van der Waals surface area contributed by atoms with E-state index in [2.05, 4.69) is 4.72 Å². The molecule has 0 aliphatic carbocycles. The molecule has 0 spiro atoms. The lowest BCUT2D eigenvalue weighted by Gasteiger charge is -2.14. The lowest BCUT2D eigenvalue weighted by Crippen LogP contribution is -2.40. The highest BCUT2D eigenvalue weighted by molar-refractivity contribution is 7.89. The van der Waals surface area contributed by atoms with Gasteiger partial charge >= 0.3 is 5.97 Å². The standard InChI is InChI=1S/C14H15NO4S/c1-2-12(14(16)17)15-20(18,19)13-9-5-7-10-6-3-4-8-11(10)13/h3-9,12,15H,2H2,1H3,(H,16,17). The topological polar surface area (TPSA) is 83.5 Å². The van der Waals surface area contributed by atoms with E-state index in [1.165, 1.54) is 6.07 Å². The first-order chi connectivity index (χ1) is 9.45. The maximum absolute atomic E-state index is 12.3. The van der Waals surface area contributed by atoms with Crippen LogP contribution in [0.5, 0.6) is 0 Å². The van der Waals surface area contributed by atoms with Crippen molar-refractivity contribution in [2.24, 2.45) is 0 Å². The predicted molar refractivity (Wildman–Crippen MR) is 76.0 cm³/mol. The van der Waals surface area contributed by atoms with Crippen molar-refractivity contribution >= 4 is 26.8 Å². The van der Waals surface area contributed by atoms with E-state index in [-0.39, 0.29) is 11.3 Å². The molecule has 0 radical (unpaired) electrons. The zero-order valence-corrected chi connectivity index (χ0v) is 11.7. The molecule has 0 fully saturated rings. The van der Waals surface area contributed by atoms with Crippen LogP contribution in [0.25, 0.3) is 10.8 Å². The van der Waals surface area contributed by atoms with E-state index in [0.29, 0.717) is 5.39 Å². The second-order valence-corrected chi connectivity index (χ2v) is 6.08. The molecule has 0 saturated carbocycles. The molecule has 0 aliphatic rings. The lowest BCUT2D eigenvalue weighted by molar-refractivity contribution is -0.139. The summed E-state index contributed by atoms with van der Waals surface area (Å²) < 4.78 is 26.9. The molecule has 2 aromatic rings. The highest BCUT2D eigenvalue weighted by Gasteiger charge is 2.24. The number of rotatable bonds is 5. The minimum atomic E-state index is -3.87. The Kier molecular flexibility index (Phi) is 4.06. The molecular weight excluding hydrogens is 278 g/mol. The van der Waals surface area contributed by atoms with Gasteiger partial charge in [0, 0.05) is 5.39 Å². The first-order valence-corrected chi connectivity index (χ1v) is 7.67. The molecule has 106 valence electrons. The SMILES string of the molecule is CCC(NS(=O)(=O)c1cccc2ccccc12)C(=O)O. The number of sulfonamides is 1. The predicted octanol–water partition coefficient (Wildman–Crippen LogP) is 1.98. The summed E-state index contributed by atoms with van der Waals surface area (Å²) in [7, 11) is -3.87. The fourth-order valence-electron chi connectivity index (χ4n) is 1.99. The minimum absolute atomic E-state index is 0.0929. The third-order valence-corrected chi connectivity index (χ3v) is 4.57. The van der Waals surface area contributed by atoms with Crippen LogP contribution in [0.1, 0.15) is 13.3 Å². The van der Waals surface area contributed by atoms with Gasteiger partial charge in [0.05, 0.1) is 4.90 Å². The van der Waals surface area contributed by atoms with Crippen molar-refractivity contribution < 1.29 is 18.3 Å². The quantitative estimate of drug-likeness (QED) is 0.883. The molecule has 20 heavy (non-hydrogen) atoms. The number of aliphatic carboxylic acids is 1. The van der Waals surface area contributed by atoms with Crippen molar-refractivity contribution in [3.05, 3.63) is 42.5 Å². The van der Waals surface area contributed by atoms with Crippen LogP contribution in [-0.4, -0.2) is 25.5 Å². The third kappa shape index (κ3) is 2.81. The Morgan fingerprint density at radius 3 is 2.50 bits per heavy atom. The Hall–Kier alpha value is -1.92. The second kappa shape index (κ2) is 5.60. The summed E-state index contributed by atoms with van der Waals surface area (Å²) in [5.74, 6) is -1.18. The first kappa shape index (κ1) is 14.5. The normalized spacial score (nSPS) is 13.2. The van der Waals surface area contributed by atoms with E-state index in [1.807, 2.05) is 18.2 Å². The van der Waals surface area contributed by atoms with Gasteiger partial charge in [-0.3, -0.25) is 4.79 Å². The monoisotopic (exact) mass is 293 g/mol. The third-order valence-electron chi connectivity index (χ3n) is 3.04. The molecule has 2 rings (SSSR count). The zero-order valence-electron chi connectivity index (χ0n) is 10.9. The molecule has 0 saturated heterocycles. The summed E-state index contributed by atoms with van der Waals surface area (Å²) in [5, 5.41) is 10.3. The summed E-state index contributed by atoms with van der Waals surface area (Å²) in [6.07, 6.45) is 0.180. The van der Waals surface area contributed by atoms with E-state index in [0.717, 1.165) is 5.39 Å². The van der Waals surface area contributed by atoms with Crippen LogP contribution in [0, 0.1) is 0 Å². The van der Waals surface area contributed by atoms with Crippen molar-refractivity contribution in [1.29, 1.82) is 0 Å². The number of nitrogens with one attached hydrogen (secondary N) is 1. The van der Waals surface area contributed by atoms with Crippen LogP contribution >= 0.6 is 0 Å². The van der Waals surface area contributed by atoms with Gasteiger partial charge < -0.3 is 5.11 Å². The van der Waals surface area contributed by atoms with Crippen LogP contribution < -0.4 is 4.72 Å². The largest absolute Gasteiger partial charge is 0.480 e. The number of carboxylic acids is 1. The molecule has 2 N–H and O–H groups in total. The molecule has 0 amide bonds. The Balaban J connectivity index is 2.50. The van der Waals surface area contributed by atoms with Gasteiger partial charge in [-0.25, -0.2) is 8.42 Å². The molecule has 0 aromatic heterocycles. The molecule has 1 unspecified atom stereocenters. The number of hydrogen-bond acceptors (Lipinski definition) is 3. The van der Waals surface area contributed by atoms with Gasteiger partial charge in [0.2, 0.25) is 10.0 Å². The fourth-order valence-corrected chi connectivity index (χ4v) is 3.49. The van der Waals surface area contributed by atoms with Gasteiger partial charge in [-0.2, -0.15) is 4.72 Å². The average molecular weight is 293 g/mol. The maximum Gasteiger partial charge on any atom is 0.321 e. The van der Waals surface area contributed by atoms with Crippen molar-refractivity contribution in [3.8, 4) is 0 Å². The summed E-state index contributed by atoms with van der Waals surface area (Å²) >= 11 is 0. The Morgan fingerprint density at radius 2 is 1.85 bits per heavy atom. The van der Waals surface area contributed by atoms with E-state index >= 15 is 0 Å². The van der Waals surface area contributed by atoms with E-state index in [1.54, 1.807) is 25.1 Å². The molecule has 0 bridgehead atoms. The molecule has 6 heteroatoms. The van der Waals surface area contributed by atoms with Gasteiger partial charge in [-0.05, 0) is 17.9 Å². The van der Waals surface area contributed by atoms with Crippen LogP contribution in [-0.2, 0) is 14.8 Å². The highest BCUT2D eigenvalue weighted by Crippen LogP contribution is 2.22. The Bertz CT molecular complexity index is 734. The Morgan fingerprint density at radius 1 is 1.20 bits per heavy atom. The van der Waals surface area contributed by atoms with Gasteiger partial charge in [0.1, 0.15) is 6.04 Å². The average Bonchev–Trinajstić information content (AvgIpc) is 2.43. The maximum atomic E-state index is 12.3. The number of fused-ring (bicyclic) bond motifs is 1. The van der Waals surface area contributed by atoms with Crippen molar-refractivity contribution in [1.82, 2.24) is 4.72 Å². The molecular formula is C14H15NO4S. The van der Waals surface area contributed by atoms with E-state index in [9.17, 15) is 13.2 Å². The van der Waals surface area contributed by atoms with Gasteiger partial charge in [0.25, 0.3) is 0 Å². The summed E-state index contributed by atoms with van der Waals surface area (Å²) in [6.45, 7) is 1.62. The minimum Gasteiger partial charge on any atom is -0.480 e. The molecule has 0 aliphatic heterocycles. The molecule has 0 heterocycles. The zero-order chi connectivity index (χ0) is 14.8. The van der Waals surface area contributed by atoms with Crippen LogP contribution in [0.15, 0.2) is 47.4 Å². The summed E-state index contributed by atoms with van der Waals surface area (Å²) in [5.41, 5.74) is 0. The number of benzene rings is 2. The Labute approximate surface area is 117 Å². The van der Waals surface area contributed by atoms with Gasteiger partial charge in [-0.15, -0.1) is 0 Å². The molecule has 2 aromatic carbocycles. The van der Waals surface area contributed by atoms with Crippen LogP contribution in [0.3, 0.4) is 0 Å². The van der Waals surface area contributed by atoms with Crippen LogP contribution in [0.2, 0.25) is 0 Å². The fraction of sp³-hybridized carbons (Fsp3) is 0.214. The number of carbonyl (C=O) groups is 1. The van der Waals surface area contributed by atoms with Crippen LogP contribution in [0.4, 0.5) is 0 Å². The number of hydrogen-bond donors (Lipinski definition) is 2. The van der Waals surface area contributed by atoms with Gasteiger partial charge in [-0.1, -0.05) is 43.3 Å². The van der Waals surface area contributed by atoms with E-state index < -0.39 is 22.0 Å². The first-order valence-electron chi connectivity index (χ1n) is 6.18. The summed E-state index contributed by atoms with van der Waals surface area (Å²) in [4.78, 5) is 11.1. The number of carboxylic acid groups (broad SMARTS) is 1. The smallest absolute Gasteiger partial charge is 0.321 e. The van der Waals surface area contributed by atoms with Crippen molar-refractivity contribution in [2.45, 2.75) is 24.3 Å². The van der Waals surface area contributed by atoms with Gasteiger partial charge in [0.15, 0.2) is 0 Å². The second-order valence-electron chi connectivity index (χ2n) is 4.40. The molecule has 5 nitrogen and oxygen atoms in total. The highest BCUT2D eigenvalue weighted by atomic mass is 32.2. The lowest BCUT2D eigenvalue weighted by atomic mass is 10.1. The van der Waals surface area contributed by atoms with Crippen molar-refractivity contribution in [2.75, 3.05) is 0 Å². The van der Waals surface area contributed by atoms with Crippen molar-refractivity contribution in [3.63, 3.8) is 0 Å². The molecule has 1 atom stereocenters.